The van der Waals surface area contributed by atoms with Gasteiger partial charge in [0.2, 0.25) is 5.95 Å². The number of hydrogen-bond acceptors (Lipinski definition) is 4. The molecule has 0 radical (unpaired) electrons. The minimum absolute atomic E-state index is 0.188. The first-order valence-electron chi connectivity index (χ1n) is 4.53. The van der Waals surface area contributed by atoms with Crippen LogP contribution in [0.3, 0.4) is 0 Å². The molecule has 4 nitrogen and oxygen atoms in total. The normalized spacial score (nSPS) is 10.4. The maximum atomic E-state index is 6.03. The fraction of sp³-hybridized carbons (Fsp3) is 0.100. The quantitative estimate of drug-likeness (QED) is 0.894. The van der Waals surface area contributed by atoms with Gasteiger partial charge in [-0.25, -0.2) is 9.97 Å². The third-order valence-electron chi connectivity index (χ3n) is 2.04. The van der Waals surface area contributed by atoms with Crippen molar-refractivity contribution in [2.24, 2.45) is 0 Å². The highest BCUT2D eigenvalue weighted by Gasteiger charge is 2.08. The van der Waals surface area contributed by atoms with Crippen LogP contribution >= 0.6 is 23.2 Å². The largest absolute Gasteiger partial charge is 0.368 e. The van der Waals surface area contributed by atoms with Gasteiger partial charge in [-0.15, -0.1) is 0 Å². The summed E-state index contributed by atoms with van der Waals surface area (Å²) in [6.07, 6.45) is 1.80. The molecule has 0 aliphatic carbocycles. The molecule has 1 aromatic heterocycles. The van der Waals surface area contributed by atoms with Gasteiger partial charge in [0.1, 0.15) is 12.2 Å². The first-order valence-corrected chi connectivity index (χ1v) is 5.28. The molecule has 0 amide bonds. The average Bonchev–Trinajstić information content (AvgIpc) is 2.24. The number of hydrogen-bond donors (Lipinski definition) is 1. The Morgan fingerprint density at radius 2 is 1.81 bits per heavy atom. The third kappa shape index (κ3) is 2.40. The van der Waals surface area contributed by atoms with Crippen LogP contribution in [0.2, 0.25) is 10.0 Å². The second-order valence-electron chi connectivity index (χ2n) is 3.14. The van der Waals surface area contributed by atoms with Crippen LogP contribution in [0.5, 0.6) is 0 Å². The summed E-state index contributed by atoms with van der Waals surface area (Å²) in [5.74, 6) is 0.732. The molecule has 0 atom stereocenters. The predicted octanol–water partition coefficient (Wildman–Crippen LogP) is 2.35. The van der Waals surface area contributed by atoms with Crippen molar-refractivity contribution in [3.05, 3.63) is 46.0 Å². The summed E-state index contributed by atoms with van der Waals surface area (Å²) in [5, 5.41) is 1.18. The number of rotatable bonds is 2. The van der Waals surface area contributed by atoms with Crippen LogP contribution in [-0.2, 0) is 6.42 Å². The molecule has 0 saturated heterocycles. The van der Waals surface area contributed by atoms with E-state index in [4.69, 9.17) is 28.9 Å². The Balaban J connectivity index is 2.34. The van der Waals surface area contributed by atoms with Crippen LogP contribution < -0.4 is 5.73 Å². The van der Waals surface area contributed by atoms with E-state index >= 15 is 0 Å². The molecular weight excluding hydrogens is 247 g/mol. The fourth-order valence-electron chi connectivity index (χ4n) is 1.29. The summed E-state index contributed by atoms with van der Waals surface area (Å²) in [6, 6.07) is 5.33. The lowest BCUT2D eigenvalue weighted by Gasteiger charge is -2.05. The average molecular weight is 255 g/mol. The minimum Gasteiger partial charge on any atom is -0.368 e. The van der Waals surface area contributed by atoms with Crippen molar-refractivity contribution < 1.29 is 0 Å². The highest BCUT2D eigenvalue weighted by molar-refractivity contribution is 6.36. The Hall–Kier alpha value is -1.39. The van der Waals surface area contributed by atoms with Crippen LogP contribution in [0.15, 0.2) is 24.5 Å². The molecule has 16 heavy (non-hydrogen) atoms. The molecule has 1 aromatic carbocycles. The van der Waals surface area contributed by atoms with Gasteiger partial charge in [0.15, 0.2) is 0 Å². The van der Waals surface area contributed by atoms with Crippen molar-refractivity contribution in [2.45, 2.75) is 6.42 Å². The molecule has 0 aliphatic rings. The first-order chi connectivity index (χ1) is 7.66. The van der Waals surface area contributed by atoms with E-state index in [1.54, 1.807) is 18.2 Å². The topological polar surface area (TPSA) is 64.7 Å². The highest BCUT2D eigenvalue weighted by atomic mass is 35.5. The van der Waals surface area contributed by atoms with E-state index in [-0.39, 0.29) is 5.95 Å². The summed E-state index contributed by atoms with van der Waals surface area (Å²) in [7, 11) is 0. The highest BCUT2D eigenvalue weighted by Crippen LogP contribution is 2.25. The predicted molar refractivity (Wildman–Crippen MR) is 63.5 cm³/mol. The van der Waals surface area contributed by atoms with Crippen molar-refractivity contribution >= 4 is 29.2 Å². The standard InChI is InChI=1S/C10H8Cl2N4/c11-7-2-1-3-8(12)6(7)4-9-14-5-15-10(13)16-9/h1-3,5H,4H2,(H2,13,14,15,16). The molecule has 0 saturated carbocycles. The Morgan fingerprint density at radius 1 is 1.12 bits per heavy atom. The van der Waals surface area contributed by atoms with Gasteiger partial charge < -0.3 is 5.73 Å². The summed E-state index contributed by atoms with van der Waals surface area (Å²) in [6.45, 7) is 0. The van der Waals surface area contributed by atoms with Crippen LogP contribution in [0.1, 0.15) is 11.4 Å². The lowest BCUT2D eigenvalue weighted by Crippen LogP contribution is -2.02. The Bertz CT molecular complexity index is 496. The number of anilines is 1. The summed E-state index contributed by atoms with van der Waals surface area (Å²) >= 11 is 12.1. The number of nitrogens with zero attached hydrogens (tertiary/aromatic N) is 3. The van der Waals surface area contributed by atoms with Gasteiger partial charge in [-0.3, -0.25) is 0 Å². The number of nitrogens with two attached hydrogens (primary N) is 1. The van der Waals surface area contributed by atoms with E-state index in [1.165, 1.54) is 6.33 Å². The molecule has 2 aromatic rings. The number of nitrogen functional groups attached to an aromatic ring is 1. The number of aromatic nitrogens is 3. The maximum absolute atomic E-state index is 6.03. The van der Waals surface area contributed by atoms with E-state index < -0.39 is 0 Å². The number of halogens is 2. The van der Waals surface area contributed by atoms with Crippen molar-refractivity contribution in [3.63, 3.8) is 0 Å². The lowest BCUT2D eigenvalue weighted by molar-refractivity contribution is 0.929. The van der Waals surface area contributed by atoms with Crippen molar-refractivity contribution in [2.75, 3.05) is 5.73 Å². The van der Waals surface area contributed by atoms with E-state index in [2.05, 4.69) is 15.0 Å². The molecular formula is C10H8Cl2N4. The second-order valence-corrected chi connectivity index (χ2v) is 3.95. The van der Waals surface area contributed by atoms with Crippen LogP contribution in [-0.4, -0.2) is 15.0 Å². The van der Waals surface area contributed by atoms with E-state index in [0.29, 0.717) is 22.3 Å². The smallest absolute Gasteiger partial charge is 0.223 e. The van der Waals surface area contributed by atoms with Crippen LogP contribution in [0.25, 0.3) is 0 Å². The van der Waals surface area contributed by atoms with Crippen molar-refractivity contribution in [1.82, 2.24) is 15.0 Å². The Kier molecular flexibility index (Phi) is 3.22. The van der Waals surface area contributed by atoms with Gasteiger partial charge in [-0.05, 0) is 17.7 Å². The fourth-order valence-corrected chi connectivity index (χ4v) is 1.82. The number of benzene rings is 1. The van der Waals surface area contributed by atoms with E-state index in [1.807, 2.05) is 0 Å². The monoisotopic (exact) mass is 254 g/mol. The summed E-state index contributed by atoms with van der Waals surface area (Å²) in [4.78, 5) is 11.7. The molecule has 0 aliphatic heterocycles. The molecule has 6 heteroatoms. The van der Waals surface area contributed by atoms with Crippen molar-refractivity contribution in [1.29, 1.82) is 0 Å². The van der Waals surface area contributed by atoms with Crippen LogP contribution in [0.4, 0.5) is 5.95 Å². The molecule has 0 bridgehead atoms. The van der Waals surface area contributed by atoms with Gasteiger partial charge in [-0.1, -0.05) is 29.3 Å². The molecule has 2 N–H and O–H groups in total. The Morgan fingerprint density at radius 3 is 2.44 bits per heavy atom. The molecule has 1 heterocycles. The summed E-state index contributed by atoms with van der Waals surface area (Å²) < 4.78 is 0. The molecule has 0 unspecified atom stereocenters. The van der Waals surface area contributed by atoms with Gasteiger partial charge >= 0.3 is 0 Å². The van der Waals surface area contributed by atoms with Gasteiger partial charge in [0.25, 0.3) is 0 Å². The maximum Gasteiger partial charge on any atom is 0.223 e. The zero-order valence-corrected chi connectivity index (χ0v) is 9.70. The molecule has 0 fully saturated rings. The zero-order valence-electron chi connectivity index (χ0n) is 8.19. The van der Waals surface area contributed by atoms with E-state index in [0.717, 1.165) is 5.56 Å². The SMILES string of the molecule is Nc1ncnc(Cc2c(Cl)cccc2Cl)n1. The Labute approximate surface area is 102 Å². The second kappa shape index (κ2) is 4.63. The zero-order chi connectivity index (χ0) is 11.5. The van der Waals surface area contributed by atoms with E-state index in [9.17, 15) is 0 Å². The summed E-state index contributed by atoms with van der Waals surface area (Å²) in [5.41, 5.74) is 6.25. The van der Waals surface area contributed by atoms with Gasteiger partial charge in [0, 0.05) is 16.5 Å². The first kappa shape index (κ1) is 11.1. The van der Waals surface area contributed by atoms with Crippen molar-refractivity contribution in [3.8, 4) is 0 Å². The molecule has 0 spiro atoms. The van der Waals surface area contributed by atoms with Gasteiger partial charge in [-0.2, -0.15) is 4.98 Å². The molecule has 2 rings (SSSR count). The minimum atomic E-state index is 0.188. The van der Waals surface area contributed by atoms with Crippen LogP contribution in [0, 0.1) is 0 Å². The van der Waals surface area contributed by atoms with Gasteiger partial charge in [0.05, 0.1) is 0 Å². The lowest BCUT2D eigenvalue weighted by atomic mass is 10.1. The third-order valence-corrected chi connectivity index (χ3v) is 2.75. The molecule has 82 valence electrons.